The van der Waals surface area contributed by atoms with Crippen molar-refractivity contribution in [1.82, 2.24) is 0 Å². The molecule has 0 fully saturated rings. The third-order valence-electron chi connectivity index (χ3n) is 13.8. The van der Waals surface area contributed by atoms with Crippen LogP contribution in [0.15, 0.2) is 188 Å². The van der Waals surface area contributed by atoms with Crippen LogP contribution >= 0.6 is 0 Å². The van der Waals surface area contributed by atoms with Gasteiger partial charge in [-0.1, -0.05) is 153 Å². The molecule has 2 aliphatic carbocycles. The van der Waals surface area contributed by atoms with E-state index in [0.29, 0.717) is 0 Å². The summed E-state index contributed by atoms with van der Waals surface area (Å²) in [5.41, 5.74) is 20.0. The molecule has 3 nitrogen and oxygen atoms in total. The van der Waals surface area contributed by atoms with Crippen LogP contribution in [0.1, 0.15) is 70.6 Å². The molecule has 0 saturated heterocycles. The Hall–Kier alpha value is -6.94. The van der Waals surface area contributed by atoms with Crippen molar-refractivity contribution in [2.24, 2.45) is 0 Å². The van der Waals surface area contributed by atoms with Crippen molar-refractivity contribution in [3.05, 3.63) is 233 Å². The maximum atomic E-state index is 7.09. The van der Waals surface area contributed by atoms with Gasteiger partial charge in [0.25, 0.3) is 0 Å². The SMILES string of the molecule is CC1(C)c2ccccc2-c2ccc(N(c3ccc4c(c3)C3(c5cc6c(cc5O4)C4C=CC6O4)c4ccccc4-c4ccccc43)c3ccccc3-c3ccccc3)cc21. The Morgan fingerprint density at radius 1 is 0.424 bits per heavy atom. The zero-order chi connectivity index (χ0) is 39.0. The third-order valence-corrected chi connectivity index (χ3v) is 13.8. The number of hydrogen-bond acceptors (Lipinski definition) is 3. The fourth-order valence-electron chi connectivity index (χ4n) is 11.2. The van der Waals surface area contributed by atoms with Crippen molar-refractivity contribution in [1.29, 1.82) is 0 Å². The molecule has 5 aliphatic rings. The number of anilines is 3. The molecule has 2 bridgehead atoms. The Bertz CT molecular complexity index is 3070. The Morgan fingerprint density at radius 3 is 1.66 bits per heavy atom. The van der Waals surface area contributed by atoms with Gasteiger partial charge >= 0.3 is 0 Å². The quantitative estimate of drug-likeness (QED) is 0.167. The number of para-hydroxylation sites is 1. The second-order valence-electron chi connectivity index (χ2n) is 17.1. The van der Waals surface area contributed by atoms with E-state index >= 15 is 0 Å². The lowest BCUT2D eigenvalue weighted by atomic mass is 9.65. The van der Waals surface area contributed by atoms with Gasteiger partial charge in [-0.25, -0.2) is 0 Å². The van der Waals surface area contributed by atoms with Crippen LogP contribution in [0.25, 0.3) is 33.4 Å². The second-order valence-corrected chi connectivity index (χ2v) is 17.1. The van der Waals surface area contributed by atoms with E-state index in [1.807, 2.05) is 0 Å². The summed E-state index contributed by atoms with van der Waals surface area (Å²) >= 11 is 0. The lowest BCUT2D eigenvalue weighted by Crippen LogP contribution is -2.33. The van der Waals surface area contributed by atoms with Crippen molar-refractivity contribution < 1.29 is 9.47 Å². The Kier molecular flexibility index (Phi) is 6.62. The van der Waals surface area contributed by atoms with E-state index in [1.165, 1.54) is 66.8 Å². The van der Waals surface area contributed by atoms with Crippen molar-refractivity contribution in [3.63, 3.8) is 0 Å². The molecular formula is C56H39NO2. The number of hydrogen-bond donors (Lipinski definition) is 0. The van der Waals surface area contributed by atoms with Crippen LogP contribution in [-0.4, -0.2) is 0 Å². The highest BCUT2D eigenvalue weighted by Gasteiger charge is 2.52. The summed E-state index contributed by atoms with van der Waals surface area (Å²) in [6.45, 7) is 4.72. The first kappa shape index (κ1) is 33.1. The van der Waals surface area contributed by atoms with Crippen molar-refractivity contribution in [2.45, 2.75) is 36.9 Å². The van der Waals surface area contributed by atoms with E-state index in [0.717, 1.165) is 39.7 Å². The summed E-state index contributed by atoms with van der Waals surface area (Å²) in [6, 6.07) is 65.1. The van der Waals surface area contributed by atoms with Gasteiger partial charge in [0.15, 0.2) is 0 Å². The predicted octanol–water partition coefficient (Wildman–Crippen LogP) is 14.3. The van der Waals surface area contributed by atoms with Crippen molar-refractivity contribution in [3.8, 4) is 44.9 Å². The number of benzene rings is 8. The van der Waals surface area contributed by atoms with Gasteiger partial charge in [0.1, 0.15) is 23.7 Å². The fourth-order valence-corrected chi connectivity index (χ4v) is 11.2. The number of ether oxygens (including phenoxy) is 2. The van der Waals surface area contributed by atoms with Gasteiger partial charge in [-0.15, -0.1) is 0 Å². The molecule has 280 valence electrons. The van der Waals surface area contributed by atoms with Gasteiger partial charge in [-0.2, -0.15) is 0 Å². The maximum Gasteiger partial charge on any atom is 0.132 e. The van der Waals surface area contributed by atoms with Crippen LogP contribution in [0.2, 0.25) is 0 Å². The molecule has 3 heteroatoms. The molecule has 3 heterocycles. The van der Waals surface area contributed by atoms with E-state index in [1.54, 1.807) is 0 Å². The summed E-state index contributed by atoms with van der Waals surface area (Å²) in [6.07, 6.45) is 4.31. The predicted molar refractivity (Wildman–Crippen MR) is 237 cm³/mol. The van der Waals surface area contributed by atoms with Crippen LogP contribution in [-0.2, 0) is 15.6 Å². The van der Waals surface area contributed by atoms with Gasteiger partial charge in [-0.05, 0) is 110 Å². The lowest BCUT2D eigenvalue weighted by molar-refractivity contribution is 0.0878. The minimum absolute atomic E-state index is 0.0323. The van der Waals surface area contributed by atoms with Gasteiger partial charge in [-0.3, -0.25) is 0 Å². The van der Waals surface area contributed by atoms with Crippen LogP contribution in [0.4, 0.5) is 17.1 Å². The van der Waals surface area contributed by atoms with Gasteiger partial charge in [0.05, 0.1) is 11.1 Å². The maximum absolute atomic E-state index is 7.09. The van der Waals surface area contributed by atoms with Crippen LogP contribution < -0.4 is 9.64 Å². The Balaban J connectivity index is 1.09. The molecule has 59 heavy (non-hydrogen) atoms. The molecule has 0 N–H and O–H groups in total. The van der Waals surface area contributed by atoms with Gasteiger partial charge in [0.2, 0.25) is 0 Å². The number of nitrogens with zero attached hydrogens (tertiary/aromatic N) is 1. The topological polar surface area (TPSA) is 21.7 Å². The molecule has 3 aliphatic heterocycles. The van der Waals surface area contributed by atoms with E-state index in [4.69, 9.17) is 9.47 Å². The average molecular weight is 758 g/mol. The number of fused-ring (bicyclic) bond motifs is 17. The molecule has 8 aromatic carbocycles. The summed E-state index contributed by atoms with van der Waals surface area (Å²) in [7, 11) is 0. The molecule has 13 rings (SSSR count). The summed E-state index contributed by atoms with van der Waals surface area (Å²) < 4.78 is 13.5. The van der Waals surface area contributed by atoms with Gasteiger partial charge < -0.3 is 14.4 Å². The molecule has 1 spiro atoms. The van der Waals surface area contributed by atoms with Crippen LogP contribution in [0, 0.1) is 0 Å². The van der Waals surface area contributed by atoms with Crippen molar-refractivity contribution >= 4 is 17.1 Å². The second kappa shape index (κ2) is 11.8. The molecule has 0 amide bonds. The molecule has 2 atom stereocenters. The van der Waals surface area contributed by atoms with E-state index in [2.05, 4.69) is 207 Å². The van der Waals surface area contributed by atoms with Crippen LogP contribution in [0.5, 0.6) is 11.5 Å². The zero-order valence-corrected chi connectivity index (χ0v) is 32.8. The normalized spacial score (nSPS) is 18.3. The minimum atomic E-state index is -0.626. The first-order valence-electron chi connectivity index (χ1n) is 20.7. The summed E-state index contributed by atoms with van der Waals surface area (Å²) in [5, 5.41) is 0. The highest BCUT2D eigenvalue weighted by molar-refractivity contribution is 5.93. The molecule has 0 aromatic heterocycles. The highest BCUT2D eigenvalue weighted by Crippen LogP contribution is 2.64. The molecule has 0 saturated carbocycles. The highest BCUT2D eigenvalue weighted by atomic mass is 16.5. The number of rotatable bonds is 4. The van der Waals surface area contributed by atoms with E-state index in [-0.39, 0.29) is 17.6 Å². The van der Waals surface area contributed by atoms with E-state index < -0.39 is 5.41 Å². The monoisotopic (exact) mass is 757 g/mol. The molecule has 8 aromatic rings. The van der Waals surface area contributed by atoms with Gasteiger partial charge in [0, 0.05) is 33.5 Å². The smallest absolute Gasteiger partial charge is 0.132 e. The van der Waals surface area contributed by atoms with Crippen LogP contribution in [0.3, 0.4) is 0 Å². The standard InChI is InChI=1S/C56H39NO2/c1-55(2)44-20-10-6-17-38(44)41-26-24-35(30-47(41)55)57(50-23-13-9-16-37(50)34-14-4-3-5-15-34)36-25-27-53-48(31-36)56(45-21-11-7-18-39(45)40-19-8-12-22-46(40)56)49-32-42-43(33-54(49)59-53)52-29-28-51(42)58-52/h3-33,51-52H,1-2H3. The molecular weight excluding hydrogens is 719 g/mol. The summed E-state index contributed by atoms with van der Waals surface area (Å²) in [5.74, 6) is 1.76. The molecule has 0 radical (unpaired) electrons. The zero-order valence-electron chi connectivity index (χ0n) is 32.8. The Morgan fingerprint density at radius 2 is 0.949 bits per heavy atom. The van der Waals surface area contributed by atoms with E-state index in [9.17, 15) is 0 Å². The average Bonchev–Trinajstić information content (AvgIpc) is 4.03. The largest absolute Gasteiger partial charge is 0.457 e. The fraction of sp³-hybridized carbons (Fsp3) is 0.107. The first-order chi connectivity index (χ1) is 29.0. The lowest BCUT2D eigenvalue weighted by Gasteiger charge is -2.41. The van der Waals surface area contributed by atoms with Crippen molar-refractivity contribution in [2.75, 3.05) is 4.90 Å². The minimum Gasteiger partial charge on any atom is -0.457 e. The first-order valence-corrected chi connectivity index (χ1v) is 20.7. The molecule has 2 unspecified atom stereocenters. The third kappa shape index (κ3) is 4.35. The summed E-state index contributed by atoms with van der Waals surface area (Å²) in [4.78, 5) is 2.47. The Labute approximate surface area is 344 Å².